The first-order valence-corrected chi connectivity index (χ1v) is 9.34. The van der Waals surface area contributed by atoms with Crippen molar-refractivity contribution in [2.75, 3.05) is 33.9 Å². The average Bonchev–Trinajstić information content (AvgIpc) is 2.76. The van der Waals surface area contributed by atoms with E-state index >= 15 is 0 Å². The Morgan fingerprint density at radius 1 is 0.966 bits per heavy atom. The number of fused-ring (bicyclic) bond motifs is 1. The summed E-state index contributed by atoms with van der Waals surface area (Å²) >= 11 is 0. The Morgan fingerprint density at radius 2 is 1.69 bits per heavy atom. The van der Waals surface area contributed by atoms with Gasteiger partial charge in [-0.3, -0.25) is 9.98 Å². The molecule has 0 atom stereocenters. The van der Waals surface area contributed by atoms with E-state index in [4.69, 9.17) is 9.47 Å². The zero-order valence-electron chi connectivity index (χ0n) is 16.7. The molecule has 0 unspecified atom stereocenters. The second kappa shape index (κ2) is 12.1. The van der Waals surface area contributed by atoms with E-state index in [9.17, 15) is 0 Å². The zero-order valence-corrected chi connectivity index (χ0v) is 19.1. The van der Waals surface area contributed by atoms with Gasteiger partial charge in [-0.2, -0.15) is 0 Å². The van der Waals surface area contributed by atoms with Crippen molar-refractivity contribution in [3.05, 3.63) is 66.4 Å². The van der Waals surface area contributed by atoms with Gasteiger partial charge in [-0.1, -0.05) is 24.3 Å². The predicted octanol–water partition coefficient (Wildman–Crippen LogP) is 3.65. The minimum atomic E-state index is 0. The molecule has 0 saturated heterocycles. The summed E-state index contributed by atoms with van der Waals surface area (Å²) in [5.41, 5.74) is 2.28. The van der Waals surface area contributed by atoms with Gasteiger partial charge >= 0.3 is 0 Å². The highest BCUT2D eigenvalue weighted by Gasteiger charge is 2.03. The lowest BCUT2D eigenvalue weighted by Gasteiger charge is -2.13. The number of hydrogen-bond donors (Lipinski definition) is 2. The van der Waals surface area contributed by atoms with Crippen molar-refractivity contribution in [1.82, 2.24) is 15.6 Å². The molecule has 154 valence electrons. The standard InChI is InChI=1S/C22H26N4O2.HI/c1-23-22(26-15-16-28-20-10-8-19(27-2)9-11-20)25-14-12-18-6-3-5-17-7-4-13-24-21(17)18;/h3-11,13H,12,14-16H2,1-2H3,(H2,23,25,26);1H. The molecular formula is C22H27IN4O2. The maximum absolute atomic E-state index is 5.71. The van der Waals surface area contributed by atoms with E-state index in [0.717, 1.165) is 41.3 Å². The molecule has 0 radical (unpaired) electrons. The number of nitrogens with one attached hydrogen (secondary N) is 2. The number of pyridine rings is 1. The number of nitrogens with zero attached hydrogens (tertiary/aromatic N) is 2. The molecule has 7 heteroatoms. The molecule has 0 bridgehead atoms. The van der Waals surface area contributed by atoms with Crippen molar-refractivity contribution in [2.24, 2.45) is 4.99 Å². The minimum absolute atomic E-state index is 0. The number of hydrogen-bond acceptors (Lipinski definition) is 4. The molecule has 0 fully saturated rings. The number of para-hydroxylation sites is 1. The normalized spacial score (nSPS) is 10.9. The topological polar surface area (TPSA) is 67.8 Å². The Bertz CT molecular complexity index is 911. The fraction of sp³-hybridized carbons (Fsp3) is 0.273. The van der Waals surface area contributed by atoms with Crippen LogP contribution in [0.2, 0.25) is 0 Å². The Hall–Kier alpha value is -2.55. The van der Waals surface area contributed by atoms with Crippen LogP contribution in [0.1, 0.15) is 5.56 Å². The van der Waals surface area contributed by atoms with Crippen LogP contribution >= 0.6 is 24.0 Å². The van der Waals surface area contributed by atoms with Gasteiger partial charge in [0.25, 0.3) is 0 Å². The molecule has 0 saturated carbocycles. The first-order valence-electron chi connectivity index (χ1n) is 9.34. The molecule has 3 rings (SSSR count). The minimum Gasteiger partial charge on any atom is -0.497 e. The van der Waals surface area contributed by atoms with Crippen LogP contribution in [0.3, 0.4) is 0 Å². The van der Waals surface area contributed by atoms with Gasteiger partial charge in [0, 0.05) is 25.2 Å². The number of benzene rings is 2. The van der Waals surface area contributed by atoms with Crippen molar-refractivity contribution in [3.8, 4) is 11.5 Å². The number of rotatable bonds is 8. The highest BCUT2D eigenvalue weighted by molar-refractivity contribution is 14.0. The van der Waals surface area contributed by atoms with E-state index in [1.807, 2.05) is 36.5 Å². The van der Waals surface area contributed by atoms with Crippen LogP contribution in [0.4, 0.5) is 0 Å². The van der Waals surface area contributed by atoms with Crippen molar-refractivity contribution in [2.45, 2.75) is 6.42 Å². The lowest BCUT2D eigenvalue weighted by molar-refractivity contribution is 0.321. The maximum Gasteiger partial charge on any atom is 0.191 e. The van der Waals surface area contributed by atoms with Crippen LogP contribution < -0.4 is 20.1 Å². The fourth-order valence-corrected chi connectivity index (χ4v) is 2.92. The van der Waals surface area contributed by atoms with E-state index in [0.29, 0.717) is 13.2 Å². The van der Waals surface area contributed by atoms with Gasteiger partial charge in [-0.15, -0.1) is 24.0 Å². The van der Waals surface area contributed by atoms with E-state index in [1.165, 1.54) is 5.56 Å². The highest BCUT2D eigenvalue weighted by Crippen LogP contribution is 2.17. The number of guanidine groups is 1. The molecule has 3 aromatic rings. The Balaban J connectivity index is 0.00000300. The van der Waals surface area contributed by atoms with Crippen molar-refractivity contribution < 1.29 is 9.47 Å². The molecule has 0 aliphatic carbocycles. The quantitative estimate of drug-likeness (QED) is 0.211. The summed E-state index contributed by atoms with van der Waals surface area (Å²) in [6, 6.07) is 17.9. The largest absolute Gasteiger partial charge is 0.497 e. The van der Waals surface area contributed by atoms with E-state index in [2.05, 4.69) is 44.9 Å². The second-order valence-corrected chi connectivity index (χ2v) is 6.19. The molecule has 6 nitrogen and oxygen atoms in total. The first-order chi connectivity index (χ1) is 13.8. The summed E-state index contributed by atoms with van der Waals surface area (Å²) in [6.07, 6.45) is 2.71. The Morgan fingerprint density at radius 3 is 2.45 bits per heavy atom. The lowest BCUT2D eigenvalue weighted by Crippen LogP contribution is -2.40. The van der Waals surface area contributed by atoms with Crippen LogP contribution in [-0.4, -0.2) is 44.8 Å². The summed E-state index contributed by atoms with van der Waals surface area (Å²) in [4.78, 5) is 8.76. The third-order valence-corrected chi connectivity index (χ3v) is 4.35. The molecule has 29 heavy (non-hydrogen) atoms. The molecule has 0 spiro atoms. The molecule has 2 aromatic carbocycles. The van der Waals surface area contributed by atoms with Gasteiger partial charge < -0.3 is 20.1 Å². The van der Waals surface area contributed by atoms with Crippen molar-refractivity contribution >= 4 is 40.8 Å². The number of ether oxygens (including phenoxy) is 2. The molecule has 1 aromatic heterocycles. The van der Waals surface area contributed by atoms with Crippen LogP contribution in [0.15, 0.2) is 65.8 Å². The Labute approximate surface area is 188 Å². The van der Waals surface area contributed by atoms with Crippen LogP contribution in [0.5, 0.6) is 11.5 Å². The van der Waals surface area contributed by atoms with Crippen LogP contribution in [0.25, 0.3) is 10.9 Å². The SMILES string of the molecule is CN=C(NCCOc1ccc(OC)cc1)NCCc1cccc2cccnc12.I. The Kier molecular flexibility index (Phi) is 9.49. The zero-order chi connectivity index (χ0) is 19.6. The van der Waals surface area contributed by atoms with Gasteiger partial charge in [-0.25, -0.2) is 0 Å². The maximum atomic E-state index is 5.71. The number of halogens is 1. The van der Waals surface area contributed by atoms with Gasteiger partial charge in [0.2, 0.25) is 0 Å². The number of aliphatic imine (C=N–C) groups is 1. The monoisotopic (exact) mass is 506 g/mol. The molecule has 0 aliphatic rings. The van der Waals surface area contributed by atoms with Crippen LogP contribution in [-0.2, 0) is 6.42 Å². The molecule has 2 N–H and O–H groups in total. The molecule has 1 heterocycles. The van der Waals surface area contributed by atoms with Gasteiger partial charge in [0.1, 0.15) is 18.1 Å². The lowest BCUT2D eigenvalue weighted by atomic mass is 10.1. The summed E-state index contributed by atoms with van der Waals surface area (Å²) in [5, 5.41) is 7.76. The van der Waals surface area contributed by atoms with E-state index in [1.54, 1.807) is 14.2 Å². The van der Waals surface area contributed by atoms with Crippen molar-refractivity contribution in [1.29, 1.82) is 0 Å². The summed E-state index contributed by atoms with van der Waals surface area (Å²) in [5.74, 6) is 2.39. The van der Waals surface area contributed by atoms with Gasteiger partial charge in [-0.05, 0) is 42.3 Å². The molecule has 0 aliphatic heterocycles. The van der Waals surface area contributed by atoms with Gasteiger partial charge in [0.05, 0.1) is 19.2 Å². The summed E-state index contributed by atoms with van der Waals surface area (Å²) in [6.45, 7) is 1.97. The third-order valence-electron chi connectivity index (χ3n) is 4.35. The smallest absolute Gasteiger partial charge is 0.191 e. The number of methoxy groups -OCH3 is 1. The van der Waals surface area contributed by atoms with Gasteiger partial charge in [0.15, 0.2) is 5.96 Å². The molecular weight excluding hydrogens is 479 g/mol. The predicted molar refractivity (Wildman–Crippen MR) is 129 cm³/mol. The fourth-order valence-electron chi connectivity index (χ4n) is 2.92. The molecule has 0 amide bonds. The summed E-state index contributed by atoms with van der Waals surface area (Å²) < 4.78 is 10.9. The average molecular weight is 506 g/mol. The number of aromatic nitrogens is 1. The second-order valence-electron chi connectivity index (χ2n) is 6.19. The first kappa shape index (κ1) is 22.7. The highest BCUT2D eigenvalue weighted by atomic mass is 127. The summed E-state index contributed by atoms with van der Waals surface area (Å²) in [7, 11) is 3.41. The van der Waals surface area contributed by atoms with E-state index in [-0.39, 0.29) is 24.0 Å². The third kappa shape index (κ3) is 6.77. The van der Waals surface area contributed by atoms with E-state index < -0.39 is 0 Å². The van der Waals surface area contributed by atoms with Crippen molar-refractivity contribution in [3.63, 3.8) is 0 Å². The van der Waals surface area contributed by atoms with Crippen LogP contribution in [0, 0.1) is 0 Å².